The third kappa shape index (κ3) is 76.2. The van der Waals surface area contributed by atoms with Crippen molar-refractivity contribution in [2.75, 3.05) is 39.6 Å². The molecule has 0 aliphatic heterocycles. The van der Waals surface area contributed by atoms with Crippen LogP contribution in [0.3, 0.4) is 0 Å². The topological polar surface area (TPSA) is 237 Å². The summed E-state index contributed by atoms with van der Waals surface area (Å²) in [5.74, 6) is -2.28. The fraction of sp³-hybridized carbons (Fsp3) is 0.765. The van der Waals surface area contributed by atoms with E-state index in [0.29, 0.717) is 38.5 Å². The van der Waals surface area contributed by atoms with Gasteiger partial charge in [0.2, 0.25) is 0 Å². The quantitative estimate of drug-likeness (QED) is 0.0169. The molecular formula is C85H150O17P2. The number of aliphatic hydroxyl groups excluding tert-OH is 1. The normalized spacial score (nSPS) is 14.3. The van der Waals surface area contributed by atoms with Gasteiger partial charge in [-0.1, -0.05) is 330 Å². The number of carbonyl (C=O) groups excluding carboxylic acids is 4. The average molecular weight is 1510 g/mol. The molecule has 0 heterocycles. The van der Waals surface area contributed by atoms with Gasteiger partial charge in [0.05, 0.1) is 26.4 Å². The van der Waals surface area contributed by atoms with Gasteiger partial charge in [-0.2, -0.15) is 0 Å². The van der Waals surface area contributed by atoms with E-state index in [4.69, 9.17) is 37.0 Å². The number of phosphoric ester groups is 2. The largest absolute Gasteiger partial charge is 0.472 e. The molecule has 0 fully saturated rings. The second-order valence-electron chi connectivity index (χ2n) is 27.7. The van der Waals surface area contributed by atoms with Gasteiger partial charge >= 0.3 is 39.5 Å². The van der Waals surface area contributed by atoms with Crippen molar-refractivity contribution in [3.05, 3.63) is 97.2 Å². The van der Waals surface area contributed by atoms with E-state index in [-0.39, 0.29) is 25.7 Å². The number of phosphoric acid groups is 2. The van der Waals surface area contributed by atoms with Crippen LogP contribution >= 0.6 is 15.6 Å². The van der Waals surface area contributed by atoms with Crippen LogP contribution < -0.4 is 0 Å². The predicted molar refractivity (Wildman–Crippen MR) is 427 cm³/mol. The second kappa shape index (κ2) is 77.1. The number of ether oxygens (including phenoxy) is 4. The fourth-order valence-corrected chi connectivity index (χ4v) is 12.8. The molecule has 0 amide bonds. The van der Waals surface area contributed by atoms with Crippen LogP contribution in [0.4, 0.5) is 0 Å². The van der Waals surface area contributed by atoms with Crippen molar-refractivity contribution in [2.24, 2.45) is 0 Å². The Balaban J connectivity index is 5.44. The van der Waals surface area contributed by atoms with Gasteiger partial charge in [-0.15, -0.1) is 0 Å². The zero-order chi connectivity index (χ0) is 76.0. The lowest BCUT2D eigenvalue weighted by atomic mass is 10.0. The number of unbranched alkanes of at least 4 members (excludes halogenated alkanes) is 36. The first-order valence-electron chi connectivity index (χ1n) is 41.5. The van der Waals surface area contributed by atoms with Crippen LogP contribution in [-0.4, -0.2) is 96.7 Å². The molecule has 0 rings (SSSR count). The molecule has 3 N–H and O–H groups in total. The Hall–Kier alpha value is -4.02. The van der Waals surface area contributed by atoms with Gasteiger partial charge in [-0.05, 0) is 103 Å². The number of aliphatic hydroxyl groups is 1. The number of esters is 4. The van der Waals surface area contributed by atoms with E-state index < -0.39 is 97.5 Å². The van der Waals surface area contributed by atoms with Crippen molar-refractivity contribution < 1.29 is 80.2 Å². The summed E-state index contributed by atoms with van der Waals surface area (Å²) < 4.78 is 68.6. The zero-order valence-electron chi connectivity index (χ0n) is 65.9. The smallest absolute Gasteiger partial charge is 0.462 e. The predicted octanol–water partition coefficient (Wildman–Crippen LogP) is 24.3. The summed E-state index contributed by atoms with van der Waals surface area (Å²) in [5, 5.41) is 10.6. The maximum absolute atomic E-state index is 13.1. The number of carbonyl (C=O) groups is 4. The third-order valence-corrected chi connectivity index (χ3v) is 19.5. The highest BCUT2D eigenvalue weighted by Gasteiger charge is 2.30. The highest BCUT2D eigenvalue weighted by Crippen LogP contribution is 2.45. The van der Waals surface area contributed by atoms with E-state index in [1.54, 1.807) is 0 Å². The lowest BCUT2D eigenvalue weighted by Crippen LogP contribution is -2.30. The number of rotatable bonds is 78. The molecule has 0 aliphatic carbocycles. The van der Waals surface area contributed by atoms with Crippen molar-refractivity contribution in [3.63, 3.8) is 0 Å². The Morgan fingerprint density at radius 3 is 0.750 bits per heavy atom. The number of hydrogen-bond donors (Lipinski definition) is 3. The highest BCUT2D eigenvalue weighted by molar-refractivity contribution is 7.47. The number of hydrogen-bond acceptors (Lipinski definition) is 15. The second-order valence-corrected chi connectivity index (χ2v) is 30.6. The van der Waals surface area contributed by atoms with Gasteiger partial charge in [0.25, 0.3) is 0 Å². The monoisotopic (exact) mass is 1510 g/mol. The Labute approximate surface area is 633 Å². The van der Waals surface area contributed by atoms with E-state index in [0.717, 1.165) is 89.9 Å². The molecule has 0 aromatic carbocycles. The molecule has 0 saturated heterocycles. The molecule has 4 atom stereocenters. The molecule has 0 saturated carbocycles. The third-order valence-electron chi connectivity index (χ3n) is 17.6. The minimum absolute atomic E-state index is 0.0200. The van der Waals surface area contributed by atoms with E-state index >= 15 is 0 Å². The van der Waals surface area contributed by atoms with Gasteiger partial charge in [0.1, 0.15) is 19.3 Å². The van der Waals surface area contributed by atoms with Crippen LogP contribution in [0.25, 0.3) is 0 Å². The summed E-state index contributed by atoms with van der Waals surface area (Å²) in [5.41, 5.74) is 0. The van der Waals surface area contributed by atoms with Crippen LogP contribution in [0.1, 0.15) is 362 Å². The maximum Gasteiger partial charge on any atom is 0.472 e. The van der Waals surface area contributed by atoms with Gasteiger partial charge in [0, 0.05) is 25.7 Å². The minimum Gasteiger partial charge on any atom is -0.462 e. The molecule has 0 aliphatic rings. The average Bonchev–Trinajstić information content (AvgIpc) is 0.907. The summed E-state index contributed by atoms with van der Waals surface area (Å²) >= 11 is 0. The summed E-state index contributed by atoms with van der Waals surface area (Å²) in [7, 11) is -9.99. The van der Waals surface area contributed by atoms with Crippen molar-refractivity contribution in [1.82, 2.24) is 0 Å². The van der Waals surface area contributed by atoms with Crippen molar-refractivity contribution in [1.29, 1.82) is 0 Å². The van der Waals surface area contributed by atoms with E-state index in [1.165, 1.54) is 180 Å². The lowest BCUT2D eigenvalue weighted by Gasteiger charge is -2.21. The standard InChI is InChI=1S/C85H150O17P2/c1-5-9-13-17-21-25-29-33-37-39-43-47-51-55-59-63-67-71-84(89)101-80(75-95-82(87)69-65-61-57-53-49-45-41-35-31-27-23-19-15-11-7-3)77-99-103(91,92)97-73-79(86)74-98-104(93,94)100-78-81(76-96-83(88)70-66-62-58-54-50-46-42-36-32-28-24-20-16-12-8-4)102-85(90)72-68-64-60-56-52-48-44-40-38-34-30-26-22-18-14-10-6-2/h21-22,25-26,33-34,37-38,43-44,47-48,55-56,59-60,79-81,86H,5-20,23-24,27-32,35-36,39-42,45-46,49-54,57-58,61-78H2,1-4H3,(H,91,92)(H,93,94)/b25-21-,26-22-,37-33-,38-34-,47-43-,48-44-,59-55-,60-56-/t80-,81-/m1/s1. The molecule has 0 aromatic heterocycles. The van der Waals surface area contributed by atoms with Gasteiger partial charge in [-0.25, -0.2) is 9.13 Å². The van der Waals surface area contributed by atoms with Gasteiger partial charge in [0.15, 0.2) is 12.2 Å². The van der Waals surface area contributed by atoms with Crippen LogP contribution in [0.5, 0.6) is 0 Å². The summed E-state index contributed by atoms with van der Waals surface area (Å²) in [6, 6.07) is 0. The number of allylic oxidation sites excluding steroid dienone is 16. The molecule has 2 unspecified atom stereocenters. The van der Waals surface area contributed by atoms with Crippen molar-refractivity contribution in [2.45, 2.75) is 380 Å². The molecule has 0 spiro atoms. The van der Waals surface area contributed by atoms with Crippen LogP contribution in [0.15, 0.2) is 97.2 Å². The molecule has 602 valence electrons. The van der Waals surface area contributed by atoms with Crippen molar-refractivity contribution >= 4 is 39.5 Å². The molecule has 17 nitrogen and oxygen atoms in total. The Morgan fingerprint density at radius 2 is 0.481 bits per heavy atom. The molecule has 0 bridgehead atoms. The first kappa shape index (κ1) is 100.0. The molecule has 0 aromatic rings. The van der Waals surface area contributed by atoms with Gasteiger partial charge in [-0.3, -0.25) is 37.3 Å². The fourth-order valence-electron chi connectivity index (χ4n) is 11.2. The molecule has 19 heteroatoms. The maximum atomic E-state index is 13.1. The van der Waals surface area contributed by atoms with E-state index in [2.05, 4.69) is 101 Å². The zero-order valence-corrected chi connectivity index (χ0v) is 67.7. The Morgan fingerprint density at radius 1 is 0.269 bits per heavy atom. The first-order chi connectivity index (χ1) is 50.7. The van der Waals surface area contributed by atoms with Crippen LogP contribution in [-0.2, 0) is 65.4 Å². The summed E-state index contributed by atoms with van der Waals surface area (Å²) in [4.78, 5) is 73.1. The minimum atomic E-state index is -4.99. The lowest BCUT2D eigenvalue weighted by molar-refractivity contribution is -0.161. The Bertz CT molecular complexity index is 2190. The van der Waals surface area contributed by atoms with Gasteiger partial charge < -0.3 is 33.8 Å². The molecular weight excluding hydrogens is 1350 g/mol. The van der Waals surface area contributed by atoms with Crippen molar-refractivity contribution in [3.8, 4) is 0 Å². The SMILES string of the molecule is CCCCC/C=C\C/C=C\C/C=C\C/C=C\CCCC(=O)O[C@H](COC(=O)CCCCCCCCCCCCCCCCC)COP(=O)(O)OCC(O)COP(=O)(O)OC[C@@H](COC(=O)CCCCCCCCCCCCCCCCC)OC(=O)CCC/C=C\C/C=C\C/C=C\C/C=C\CCCCC. The summed E-state index contributed by atoms with van der Waals surface area (Å²) in [6.07, 6.45) is 82.5. The van der Waals surface area contributed by atoms with E-state index in [9.17, 15) is 43.2 Å². The van der Waals surface area contributed by atoms with Crippen LogP contribution in [0, 0.1) is 0 Å². The molecule has 0 radical (unpaired) electrons. The first-order valence-corrected chi connectivity index (χ1v) is 44.5. The van der Waals surface area contributed by atoms with E-state index in [1.807, 2.05) is 24.3 Å². The Kier molecular flexibility index (Phi) is 74.2. The highest BCUT2D eigenvalue weighted by atomic mass is 31.2. The summed E-state index contributed by atoms with van der Waals surface area (Å²) in [6.45, 7) is 4.76. The van der Waals surface area contributed by atoms with Crippen LogP contribution in [0.2, 0.25) is 0 Å². The molecule has 104 heavy (non-hydrogen) atoms.